The molecule has 2 aromatic carbocycles. The molecule has 226 valence electrons. The van der Waals surface area contributed by atoms with Crippen LogP contribution in [-0.4, -0.2) is 64.8 Å². The van der Waals surface area contributed by atoms with Gasteiger partial charge in [-0.05, 0) is 50.1 Å². The molecule has 0 bridgehead atoms. The van der Waals surface area contributed by atoms with Crippen LogP contribution in [0.25, 0.3) is 0 Å². The van der Waals surface area contributed by atoms with Crippen LogP contribution in [0, 0.1) is 0 Å². The fraction of sp³-hybridized carbons (Fsp3) is 0.348. The molecule has 0 saturated carbocycles. The van der Waals surface area contributed by atoms with Gasteiger partial charge in [-0.15, -0.1) is 12.4 Å². The number of halogens is 2. The van der Waals surface area contributed by atoms with E-state index in [4.69, 9.17) is 21.5 Å². The lowest BCUT2D eigenvalue weighted by molar-refractivity contribution is -0.146. The van der Waals surface area contributed by atoms with Gasteiger partial charge in [0.2, 0.25) is 26.0 Å². The number of benzene rings is 2. The van der Waals surface area contributed by atoms with Crippen LogP contribution in [0.4, 0.5) is 11.4 Å². The molecule has 3 atom stereocenters. The number of nitrogens with one attached hydrogen (secondary N) is 3. The molecule has 0 radical (unpaired) electrons. The number of ether oxygens (including phenoxy) is 1. The van der Waals surface area contributed by atoms with E-state index in [0.29, 0.717) is 5.56 Å². The lowest BCUT2D eigenvalue weighted by atomic mass is 10.0. The van der Waals surface area contributed by atoms with Crippen molar-refractivity contribution in [2.24, 2.45) is 5.14 Å². The second-order valence-corrected chi connectivity index (χ2v) is 12.4. The number of carbonyl (C=O) groups is 3. The number of carbonyl (C=O) groups excluding carboxylic acids is 2. The number of aliphatic carboxylic acids is 1. The molecular formula is C23H29Cl2N5O9S2. The monoisotopic (exact) mass is 653 g/mol. The zero-order valence-corrected chi connectivity index (χ0v) is 25.2. The van der Waals surface area contributed by atoms with Crippen molar-refractivity contribution < 1.29 is 41.1 Å². The number of hydrogen-bond acceptors (Lipinski definition) is 10. The molecule has 6 N–H and O–H groups in total. The number of fused-ring (bicyclic) bond motifs is 1. The maximum absolute atomic E-state index is 13.0. The minimum atomic E-state index is -4.33. The van der Waals surface area contributed by atoms with Crippen molar-refractivity contribution in [1.82, 2.24) is 10.0 Å². The Morgan fingerprint density at radius 3 is 2.34 bits per heavy atom. The van der Waals surface area contributed by atoms with Gasteiger partial charge in [-0.25, -0.2) is 22.0 Å². The van der Waals surface area contributed by atoms with E-state index in [9.17, 15) is 36.3 Å². The number of carboxylic acids is 1. The van der Waals surface area contributed by atoms with Crippen molar-refractivity contribution in [3.63, 3.8) is 0 Å². The van der Waals surface area contributed by atoms with E-state index in [-0.39, 0.29) is 41.8 Å². The molecule has 18 heteroatoms. The second kappa shape index (κ2) is 13.3. The zero-order chi connectivity index (χ0) is 30.0. The van der Waals surface area contributed by atoms with E-state index in [0.717, 1.165) is 17.0 Å². The van der Waals surface area contributed by atoms with Crippen molar-refractivity contribution in [3.05, 3.63) is 47.0 Å². The smallest absolute Gasteiger partial charge is 0.323 e. The number of primary sulfonamides is 1. The van der Waals surface area contributed by atoms with E-state index in [1.54, 1.807) is 19.1 Å². The van der Waals surface area contributed by atoms with Gasteiger partial charge < -0.3 is 15.2 Å². The van der Waals surface area contributed by atoms with Crippen LogP contribution in [0.3, 0.4) is 0 Å². The Labute approximate surface area is 248 Å². The third kappa shape index (κ3) is 8.06. The number of nitrogens with zero attached hydrogens (tertiary/aromatic N) is 1. The number of amides is 1. The minimum absolute atomic E-state index is 0. The lowest BCUT2D eigenvalue weighted by Crippen LogP contribution is -2.57. The number of nitrogens with two attached hydrogens (primary N) is 1. The molecule has 0 aromatic heterocycles. The third-order valence-corrected chi connectivity index (χ3v) is 8.66. The summed E-state index contributed by atoms with van der Waals surface area (Å²) in [5.41, 5.74) is 0.812. The first-order valence-corrected chi connectivity index (χ1v) is 15.1. The molecule has 0 aliphatic carbocycles. The highest BCUT2D eigenvalue weighted by Gasteiger charge is 2.36. The summed E-state index contributed by atoms with van der Waals surface area (Å²) < 4.78 is 56.9. The lowest BCUT2D eigenvalue weighted by Gasteiger charge is -2.36. The van der Waals surface area contributed by atoms with Crippen LogP contribution in [0.2, 0.25) is 5.02 Å². The van der Waals surface area contributed by atoms with Crippen LogP contribution in [0.1, 0.15) is 26.3 Å². The summed E-state index contributed by atoms with van der Waals surface area (Å²) in [6, 6.07) is 6.13. The molecule has 0 saturated heterocycles. The average Bonchev–Trinajstić information content (AvgIpc) is 2.83. The molecule has 1 unspecified atom stereocenters. The van der Waals surface area contributed by atoms with Crippen LogP contribution in [0.5, 0.6) is 0 Å². The van der Waals surface area contributed by atoms with Crippen molar-refractivity contribution in [2.75, 3.05) is 16.8 Å². The number of sulfonamides is 2. The first kappa shape index (κ1) is 34.2. The van der Waals surface area contributed by atoms with Gasteiger partial charge in [-0.1, -0.05) is 23.7 Å². The topological polar surface area (TPSA) is 214 Å². The molecule has 0 spiro atoms. The molecule has 1 aliphatic rings. The first-order chi connectivity index (χ1) is 18.5. The predicted molar refractivity (Wildman–Crippen MR) is 152 cm³/mol. The molecular weight excluding hydrogens is 625 g/mol. The Morgan fingerprint density at radius 2 is 1.83 bits per heavy atom. The maximum Gasteiger partial charge on any atom is 0.323 e. The molecule has 1 aliphatic heterocycles. The summed E-state index contributed by atoms with van der Waals surface area (Å²) in [6.07, 6.45) is -1.24. The van der Waals surface area contributed by atoms with Gasteiger partial charge >= 0.3 is 11.9 Å². The van der Waals surface area contributed by atoms with Gasteiger partial charge in [0.1, 0.15) is 21.9 Å². The van der Waals surface area contributed by atoms with Gasteiger partial charge in [0, 0.05) is 12.6 Å². The molecule has 14 nitrogen and oxygen atoms in total. The highest BCUT2D eigenvalue weighted by molar-refractivity contribution is 7.90. The van der Waals surface area contributed by atoms with Crippen LogP contribution >= 0.6 is 24.0 Å². The Kier molecular flexibility index (Phi) is 11.1. The van der Waals surface area contributed by atoms with Crippen molar-refractivity contribution >= 4 is 73.3 Å². The maximum atomic E-state index is 13.0. The summed E-state index contributed by atoms with van der Waals surface area (Å²) >= 11 is 6.03. The molecule has 3 rings (SSSR count). The minimum Gasteiger partial charge on any atom is -0.480 e. The second-order valence-electron chi connectivity index (χ2n) is 8.78. The normalized spacial score (nSPS) is 17.1. The van der Waals surface area contributed by atoms with Crippen molar-refractivity contribution in [3.8, 4) is 0 Å². The Hall–Kier alpha value is -2.99. The van der Waals surface area contributed by atoms with E-state index >= 15 is 0 Å². The first-order valence-electron chi connectivity index (χ1n) is 11.7. The standard InChI is InChI=1S/C23H28ClN5O9S2.ClH/c1-4-38-22(33)18(26-12(2)21(31)32)9-14-5-7-15(8-6-14)29(13(3)30)23-27-17-10-16(24)19(39(25,34)35)11-20(17)40(36,37)28-23;/h5-8,10-12,18,23,26-28H,4,9H2,1-3H3,(H,31,32)(H2,25,34,35);1H/t12-,18-,23?;/m0./s1. The zero-order valence-electron chi connectivity index (χ0n) is 22.0. The largest absolute Gasteiger partial charge is 0.480 e. The summed E-state index contributed by atoms with van der Waals surface area (Å²) in [5.74, 6) is -2.33. The summed E-state index contributed by atoms with van der Waals surface area (Å²) in [6.45, 7) is 4.33. The van der Waals surface area contributed by atoms with E-state index < -0.39 is 66.1 Å². The van der Waals surface area contributed by atoms with Gasteiger partial charge in [0.15, 0.2) is 6.29 Å². The fourth-order valence-electron chi connectivity index (χ4n) is 3.96. The summed E-state index contributed by atoms with van der Waals surface area (Å²) in [4.78, 5) is 36.4. The molecule has 2 aromatic rings. The van der Waals surface area contributed by atoms with Crippen LogP contribution in [0.15, 0.2) is 46.2 Å². The fourth-order valence-corrected chi connectivity index (χ4v) is 6.40. The SMILES string of the molecule is CCOC(=O)[C@H](Cc1ccc(N(C(C)=O)C2Nc3cc(Cl)c(S(N)(=O)=O)cc3S(=O)(=O)N2)cc1)N[C@@H](C)C(=O)O.Cl. The number of hydrogen-bond donors (Lipinski definition) is 5. The molecule has 0 fully saturated rings. The number of rotatable bonds is 10. The summed E-state index contributed by atoms with van der Waals surface area (Å²) in [7, 11) is -8.64. The number of anilines is 2. The summed E-state index contributed by atoms with van der Waals surface area (Å²) in [5, 5.41) is 19.5. The molecule has 41 heavy (non-hydrogen) atoms. The van der Waals surface area contributed by atoms with E-state index in [1.807, 2.05) is 0 Å². The number of esters is 1. The van der Waals surface area contributed by atoms with Gasteiger partial charge in [-0.3, -0.25) is 24.6 Å². The van der Waals surface area contributed by atoms with E-state index in [1.165, 1.54) is 26.0 Å². The quantitative estimate of drug-likeness (QED) is 0.228. The Morgan fingerprint density at radius 1 is 1.22 bits per heavy atom. The van der Waals surface area contributed by atoms with Gasteiger partial charge in [0.25, 0.3) is 0 Å². The average molecular weight is 655 g/mol. The van der Waals surface area contributed by atoms with Crippen molar-refractivity contribution in [2.45, 2.75) is 55.4 Å². The third-order valence-electron chi connectivity index (χ3n) is 5.83. The highest BCUT2D eigenvalue weighted by Crippen LogP contribution is 2.34. The van der Waals surface area contributed by atoms with Crippen LogP contribution in [-0.2, 0) is 45.6 Å². The van der Waals surface area contributed by atoms with Gasteiger partial charge in [-0.2, -0.15) is 4.72 Å². The van der Waals surface area contributed by atoms with Crippen LogP contribution < -0.4 is 25.4 Å². The Balaban J connectivity index is 0.00000588. The highest BCUT2D eigenvalue weighted by atomic mass is 35.5. The van der Waals surface area contributed by atoms with E-state index in [2.05, 4.69) is 15.4 Å². The van der Waals surface area contributed by atoms with Crippen molar-refractivity contribution in [1.29, 1.82) is 0 Å². The molecule has 1 heterocycles. The predicted octanol–water partition coefficient (Wildman–Crippen LogP) is 0.987. The van der Waals surface area contributed by atoms with Gasteiger partial charge in [0.05, 0.1) is 17.3 Å². The molecule has 1 amide bonds. The number of carboxylic acid groups (broad SMARTS) is 1. The Bertz CT molecular complexity index is 1540.